The minimum Gasteiger partial charge on any atom is -0.448 e. The third kappa shape index (κ3) is 2.94. The first-order valence-corrected chi connectivity index (χ1v) is 7.57. The Bertz CT molecular complexity index is 741. The number of oxazole rings is 1. The van der Waals surface area contributed by atoms with Crippen LogP contribution in [0, 0.1) is 6.92 Å². The molecule has 2 atom stereocenters. The van der Waals surface area contributed by atoms with Crippen molar-refractivity contribution in [3.05, 3.63) is 52.7 Å². The molecule has 1 aliphatic heterocycles. The van der Waals surface area contributed by atoms with Crippen LogP contribution in [0.4, 0.5) is 0 Å². The molecule has 7 heteroatoms. The van der Waals surface area contributed by atoms with Crippen LogP contribution in [-0.2, 0) is 4.79 Å². The van der Waals surface area contributed by atoms with Gasteiger partial charge >= 0.3 is 0 Å². The third-order valence-corrected chi connectivity index (χ3v) is 4.33. The highest BCUT2D eigenvalue weighted by Gasteiger charge is 2.39. The standard InChI is InChI=1S/C16H16ClN3O3/c1-9-14(18-8-23-9)16(22)19-12-7-13(21)20(2)15(12)10-3-5-11(17)6-4-10/h3-6,8,12,15H,7H2,1-2H3,(H,19,22). The number of amides is 2. The van der Waals surface area contributed by atoms with Crippen LogP contribution in [0.5, 0.6) is 0 Å². The number of aromatic nitrogens is 1. The molecule has 2 aromatic rings. The van der Waals surface area contributed by atoms with Gasteiger partial charge in [0.1, 0.15) is 5.76 Å². The van der Waals surface area contributed by atoms with Crippen molar-refractivity contribution in [2.75, 3.05) is 7.05 Å². The van der Waals surface area contributed by atoms with Crippen LogP contribution < -0.4 is 5.32 Å². The van der Waals surface area contributed by atoms with E-state index in [1.54, 1.807) is 31.0 Å². The second-order valence-electron chi connectivity index (χ2n) is 5.54. The molecule has 2 unspecified atom stereocenters. The molecule has 2 amide bonds. The van der Waals surface area contributed by atoms with Gasteiger partial charge in [-0.3, -0.25) is 9.59 Å². The summed E-state index contributed by atoms with van der Waals surface area (Å²) in [5.74, 6) is 0.0821. The van der Waals surface area contributed by atoms with Gasteiger partial charge in [0.2, 0.25) is 5.91 Å². The molecule has 1 N–H and O–H groups in total. The second kappa shape index (κ2) is 6.04. The minimum absolute atomic E-state index is 0.0212. The van der Waals surface area contributed by atoms with Gasteiger partial charge in [0, 0.05) is 18.5 Å². The van der Waals surface area contributed by atoms with Gasteiger partial charge in [-0.05, 0) is 24.6 Å². The average molecular weight is 334 g/mol. The maximum absolute atomic E-state index is 12.3. The minimum atomic E-state index is -0.344. The van der Waals surface area contributed by atoms with E-state index >= 15 is 0 Å². The van der Waals surface area contributed by atoms with E-state index in [1.165, 1.54) is 6.39 Å². The monoisotopic (exact) mass is 333 g/mol. The fourth-order valence-electron chi connectivity index (χ4n) is 2.87. The quantitative estimate of drug-likeness (QED) is 0.935. The van der Waals surface area contributed by atoms with Gasteiger partial charge in [-0.25, -0.2) is 4.98 Å². The van der Waals surface area contributed by atoms with Crippen LogP contribution in [0.3, 0.4) is 0 Å². The normalized spacial score (nSPS) is 20.8. The average Bonchev–Trinajstić information content (AvgIpc) is 3.05. The van der Waals surface area contributed by atoms with E-state index in [1.807, 2.05) is 12.1 Å². The Morgan fingerprint density at radius 2 is 2.09 bits per heavy atom. The molecule has 0 spiro atoms. The Labute approximate surface area is 138 Å². The Balaban J connectivity index is 1.85. The number of likely N-dealkylation sites (N-methyl/N-ethyl adjacent to an activating group) is 1. The fourth-order valence-corrected chi connectivity index (χ4v) is 3.00. The number of aryl methyl sites for hydroxylation is 1. The van der Waals surface area contributed by atoms with Crippen molar-refractivity contribution >= 4 is 23.4 Å². The number of nitrogens with one attached hydrogen (secondary N) is 1. The van der Waals surface area contributed by atoms with Crippen LogP contribution in [-0.4, -0.2) is 34.8 Å². The molecule has 0 bridgehead atoms. The molecule has 3 rings (SSSR count). The summed E-state index contributed by atoms with van der Waals surface area (Å²) in [6.45, 7) is 1.67. The molecular weight excluding hydrogens is 318 g/mol. The number of hydrogen-bond donors (Lipinski definition) is 1. The lowest BCUT2D eigenvalue weighted by atomic mass is 10.00. The van der Waals surface area contributed by atoms with E-state index in [4.69, 9.17) is 16.0 Å². The molecule has 1 aliphatic rings. The lowest BCUT2D eigenvalue weighted by Crippen LogP contribution is -2.39. The Morgan fingerprint density at radius 1 is 1.39 bits per heavy atom. The van der Waals surface area contributed by atoms with E-state index in [0.29, 0.717) is 10.8 Å². The molecule has 0 aliphatic carbocycles. The van der Waals surface area contributed by atoms with Gasteiger partial charge < -0.3 is 14.6 Å². The first-order valence-electron chi connectivity index (χ1n) is 7.19. The molecule has 1 saturated heterocycles. The SMILES string of the molecule is Cc1ocnc1C(=O)NC1CC(=O)N(C)C1c1ccc(Cl)cc1. The van der Waals surface area contributed by atoms with Crippen molar-refractivity contribution in [3.63, 3.8) is 0 Å². The molecule has 2 heterocycles. The summed E-state index contributed by atoms with van der Waals surface area (Å²) in [7, 11) is 1.73. The van der Waals surface area contributed by atoms with Crippen molar-refractivity contribution < 1.29 is 14.0 Å². The van der Waals surface area contributed by atoms with E-state index in [2.05, 4.69) is 10.3 Å². The highest BCUT2D eigenvalue weighted by atomic mass is 35.5. The van der Waals surface area contributed by atoms with Crippen molar-refractivity contribution in [1.29, 1.82) is 0 Å². The van der Waals surface area contributed by atoms with Crippen molar-refractivity contribution in [2.24, 2.45) is 0 Å². The van der Waals surface area contributed by atoms with Crippen LogP contribution in [0.15, 0.2) is 35.1 Å². The Morgan fingerprint density at radius 3 is 2.70 bits per heavy atom. The largest absolute Gasteiger partial charge is 0.448 e. The van der Waals surface area contributed by atoms with Crippen LogP contribution in [0.2, 0.25) is 5.02 Å². The molecule has 1 aromatic carbocycles. The zero-order chi connectivity index (χ0) is 16.6. The highest BCUT2D eigenvalue weighted by molar-refractivity contribution is 6.30. The molecule has 1 aromatic heterocycles. The number of nitrogens with zero attached hydrogens (tertiary/aromatic N) is 2. The zero-order valence-corrected chi connectivity index (χ0v) is 13.5. The second-order valence-corrected chi connectivity index (χ2v) is 5.98. The fraction of sp³-hybridized carbons (Fsp3) is 0.312. The first-order chi connectivity index (χ1) is 11.0. The van der Waals surface area contributed by atoms with E-state index in [9.17, 15) is 9.59 Å². The van der Waals surface area contributed by atoms with E-state index in [0.717, 1.165) is 5.56 Å². The molecule has 23 heavy (non-hydrogen) atoms. The van der Waals surface area contributed by atoms with Crippen molar-refractivity contribution in [1.82, 2.24) is 15.2 Å². The van der Waals surface area contributed by atoms with Gasteiger partial charge in [0.15, 0.2) is 12.1 Å². The molecule has 0 saturated carbocycles. The number of halogens is 1. The maximum atomic E-state index is 12.3. The molecule has 1 fully saturated rings. The van der Waals surface area contributed by atoms with Crippen LogP contribution in [0.1, 0.15) is 34.3 Å². The van der Waals surface area contributed by atoms with Crippen LogP contribution >= 0.6 is 11.6 Å². The zero-order valence-electron chi connectivity index (χ0n) is 12.7. The molecule has 0 radical (unpaired) electrons. The lowest BCUT2D eigenvalue weighted by Gasteiger charge is -2.25. The van der Waals surface area contributed by atoms with E-state index in [-0.39, 0.29) is 36.0 Å². The smallest absolute Gasteiger partial charge is 0.273 e. The summed E-state index contributed by atoms with van der Waals surface area (Å²) in [6, 6.07) is 6.70. The van der Waals surface area contributed by atoms with Gasteiger partial charge in [-0.1, -0.05) is 23.7 Å². The number of carbonyl (C=O) groups is 2. The summed E-state index contributed by atoms with van der Waals surface area (Å²) >= 11 is 5.92. The number of rotatable bonds is 3. The summed E-state index contributed by atoms with van der Waals surface area (Å²) in [4.78, 5) is 30.0. The van der Waals surface area contributed by atoms with Crippen molar-refractivity contribution in [3.8, 4) is 0 Å². The first kappa shape index (κ1) is 15.6. The summed E-state index contributed by atoms with van der Waals surface area (Å²) < 4.78 is 5.05. The molecular formula is C16H16ClN3O3. The van der Waals surface area contributed by atoms with Crippen LogP contribution in [0.25, 0.3) is 0 Å². The van der Waals surface area contributed by atoms with Gasteiger partial charge in [-0.15, -0.1) is 0 Å². The predicted octanol–water partition coefficient (Wildman–Crippen LogP) is 2.34. The number of hydrogen-bond acceptors (Lipinski definition) is 4. The molecule has 6 nitrogen and oxygen atoms in total. The lowest BCUT2D eigenvalue weighted by molar-refractivity contribution is -0.127. The third-order valence-electron chi connectivity index (χ3n) is 4.07. The summed E-state index contributed by atoms with van der Waals surface area (Å²) in [6.07, 6.45) is 1.47. The van der Waals surface area contributed by atoms with Crippen molar-refractivity contribution in [2.45, 2.75) is 25.4 Å². The number of benzene rings is 1. The van der Waals surface area contributed by atoms with Gasteiger partial charge in [-0.2, -0.15) is 0 Å². The van der Waals surface area contributed by atoms with Gasteiger partial charge in [0.05, 0.1) is 12.1 Å². The highest BCUT2D eigenvalue weighted by Crippen LogP contribution is 2.32. The van der Waals surface area contributed by atoms with Gasteiger partial charge in [0.25, 0.3) is 5.91 Å². The predicted molar refractivity (Wildman–Crippen MR) is 84.1 cm³/mol. The Hall–Kier alpha value is -2.34. The number of carbonyl (C=O) groups excluding carboxylic acids is 2. The molecule has 120 valence electrons. The number of likely N-dealkylation sites (tertiary alicyclic amines) is 1. The summed E-state index contributed by atoms with van der Waals surface area (Å²) in [5, 5.41) is 3.51. The summed E-state index contributed by atoms with van der Waals surface area (Å²) in [5.41, 5.74) is 1.16. The van der Waals surface area contributed by atoms with E-state index < -0.39 is 0 Å². The maximum Gasteiger partial charge on any atom is 0.273 e. The topological polar surface area (TPSA) is 75.4 Å². The Kier molecular flexibility index (Phi) is 4.09.